The van der Waals surface area contributed by atoms with Crippen LogP contribution in [-0.4, -0.2) is 0 Å². The Kier molecular flexibility index (Phi) is 3.53. The maximum absolute atomic E-state index is 14.3. The van der Waals surface area contributed by atoms with Crippen molar-refractivity contribution in [3.63, 3.8) is 0 Å². The van der Waals surface area contributed by atoms with Crippen LogP contribution in [0.15, 0.2) is 66.7 Å². The Hall–Kier alpha value is -2.48. The van der Waals surface area contributed by atoms with Crippen LogP contribution in [-0.2, 0) is 0 Å². The lowest BCUT2D eigenvalue weighted by Crippen LogP contribution is -1.87. The molecule has 0 aromatic heterocycles. The minimum absolute atomic E-state index is 0.348. The van der Waals surface area contributed by atoms with Crippen LogP contribution >= 0.6 is 0 Å². The third-order valence-corrected chi connectivity index (χ3v) is 3.49. The molecule has 0 aliphatic carbocycles. The minimum Gasteiger partial charge on any atom is -0.207 e. The van der Waals surface area contributed by atoms with Gasteiger partial charge >= 0.3 is 0 Å². The summed E-state index contributed by atoms with van der Waals surface area (Å²) in [5, 5.41) is 0. The van der Waals surface area contributed by atoms with Crippen molar-refractivity contribution in [1.82, 2.24) is 0 Å². The molecule has 0 atom stereocenters. The summed E-state index contributed by atoms with van der Waals surface area (Å²) < 4.78 is 27.6. The van der Waals surface area contributed by atoms with Crippen molar-refractivity contribution in [1.29, 1.82) is 0 Å². The van der Waals surface area contributed by atoms with E-state index in [-0.39, 0.29) is 11.6 Å². The van der Waals surface area contributed by atoms with Gasteiger partial charge in [0.05, 0.1) is 0 Å². The second-order valence-electron chi connectivity index (χ2n) is 5.07. The van der Waals surface area contributed by atoms with E-state index in [1.54, 1.807) is 18.2 Å². The predicted molar refractivity (Wildman–Crippen MR) is 82.0 cm³/mol. The zero-order valence-electron chi connectivity index (χ0n) is 11.6. The van der Waals surface area contributed by atoms with Crippen LogP contribution in [0, 0.1) is 18.6 Å². The van der Waals surface area contributed by atoms with Crippen molar-refractivity contribution in [2.24, 2.45) is 0 Å². The molecule has 0 spiro atoms. The molecule has 3 aromatic carbocycles. The van der Waals surface area contributed by atoms with E-state index in [1.807, 2.05) is 37.3 Å². The lowest BCUT2D eigenvalue weighted by molar-refractivity contribution is 0.625. The molecule has 0 saturated carbocycles. The number of hydrogen-bond donors (Lipinski definition) is 0. The van der Waals surface area contributed by atoms with Crippen molar-refractivity contribution in [3.8, 4) is 22.3 Å². The monoisotopic (exact) mass is 280 g/mol. The van der Waals surface area contributed by atoms with Crippen molar-refractivity contribution in [2.45, 2.75) is 6.92 Å². The molecule has 2 heteroatoms. The van der Waals surface area contributed by atoms with E-state index < -0.39 is 0 Å². The molecule has 0 N–H and O–H groups in total. The van der Waals surface area contributed by atoms with Gasteiger partial charge in [-0.3, -0.25) is 0 Å². The molecule has 0 heterocycles. The van der Waals surface area contributed by atoms with Gasteiger partial charge in [-0.25, -0.2) is 8.78 Å². The molecular formula is C19H14F2. The summed E-state index contributed by atoms with van der Waals surface area (Å²) in [6, 6.07) is 18.9. The Morgan fingerprint density at radius 2 is 1.38 bits per heavy atom. The van der Waals surface area contributed by atoms with Gasteiger partial charge in [-0.05, 0) is 41.8 Å². The highest BCUT2D eigenvalue weighted by Crippen LogP contribution is 2.28. The maximum atomic E-state index is 14.3. The fraction of sp³-hybridized carbons (Fsp3) is 0.0526. The number of rotatable bonds is 2. The van der Waals surface area contributed by atoms with Crippen LogP contribution in [0.4, 0.5) is 8.78 Å². The van der Waals surface area contributed by atoms with Gasteiger partial charge in [0.1, 0.15) is 11.6 Å². The van der Waals surface area contributed by atoms with E-state index in [4.69, 9.17) is 0 Å². The van der Waals surface area contributed by atoms with Gasteiger partial charge in [0, 0.05) is 5.56 Å². The molecule has 21 heavy (non-hydrogen) atoms. The summed E-state index contributed by atoms with van der Waals surface area (Å²) in [4.78, 5) is 0. The smallest absolute Gasteiger partial charge is 0.131 e. The molecule has 0 aliphatic rings. The Balaban J connectivity index is 2.02. The van der Waals surface area contributed by atoms with Crippen molar-refractivity contribution >= 4 is 0 Å². The van der Waals surface area contributed by atoms with Crippen LogP contribution in [0.25, 0.3) is 22.3 Å². The Labute approximate surface area is 122 Å². The topological polar surface area (TPSA) is 0 Å². The fourth-order valence-electron chi connectivity index (χ4n) is 2.33. The molecular weight excluding hydrogens is 266 g/mol. The number of halogens is 2. The van der Waals surface area contributed by atoms with Gasteiger partial charge < -0.3 is 0 Å². The van der Waals surface area contributed by atoms with Gasteiger partial charge in [0.15, 0.2) is 0 Å². The molecule has 0 nitrogen and oxygen atoms in total. The van der Waals surface area contributed by atoms with Gasteiger partial charge in [0.2, 0.25) is 0 Å². The Bertz CT molecular complexity index is 774. The van der Waals surface area contributed by atoms with Gasteiger partial charge in [0.25, 0.3) is 0 Å². The Morgan fingerprint density at radius 3 is 2.05 bits per heavy atom. The summed E-state index contributed by atoms with van der Waals surface area (Å²) in [5.74, 6) is -0.715. The highest BCUT2D eigenvalue weighted by Gasteiger charge is 2.08. The minimum atomic E-state index is -0.366. The number of aryl methyl sites for hydroxylation is 1. The van der Waals surface area contributed by atoms with Gasteiger partial charge in [-0.1, -0.05) is 54.1 Å². The van der Waals surface area contributed by atoms with Crippen LogP contribution in [0.3, 0.4) is 0 Å². The average molecular weight is 280 g/mol. The van der Waals surface area contributed by atoms with Crippen LogP contribution in [0.5, 0.6) is 0 Å². The first kappa shape index (κ1) is 13.5. The summed E-state index contributed by atoms with van der Waals surface area (Å²) in [6.07, 6.45) is 0. The van der Waals surface area contributed by atoms with Gasteiger partial charge in [-0.2, -0.15) is 0 Å². The molecule has 3 aromatic rings. The molecule has 0 aliphatic heterocycles. The summed E-state index contributed by atoms with van der Waals surface area (Å²) in [5.41, 5.74) is 3.89. The number of hydrogen-bond acceptors (Lipinski definition) is 0. The summed E-state index contributed by atoms with van der Waals surface area (Å²) in [6.45, 7) is 2.01. The molecule has 0 fully saturated rings. The lowest BCUT2D eigenvalue weighted by Gasteiger charge is -2.07. The van der Waals surface area contributed by atoms with Crippen LogP contribution in [0.1, 0.15) is 5.56 Å². The zero-order chi connectivity index (χ0) is 14.8. The van der Waals surface area contributed by atoms with E-state index in [0.717, 1.165) is 16.7 Å². The van der Waals surface area contributed by atoms with Crippen molar-refractivity contribution in [3.05, 3.63) is 83.9 Å². The molecule has 0 amide bonds. The first-order valence-corrected chi connectivity index (χ1v) is 6.76. The SMILES string of the molecule is Cc1ccc(-c2ccc(-c3cccc(F)c3)c(F)c2)cc1. The van der Waals surface area contributed by atoms with E-state index in [2.05, 4.69) is 0 Å². The molecule has 3 rings (SSSR count). The summed E-state index contributed by atoms with van der Waals surface area (Å²) >= 11 is 0. The van der Waals surface area contributed by atoms with Crippen LogP contribution < -0.4 is 0 Å². The molecule has 104 valence electrons. The molecule has 0 unspecified atom stereocenters. The van der Waals surface area contributed by atoms with Crippen molar-refractivity contribution in [2.75, 3.05) is 0 Å². The highest BCUT2D eigenvalue weighted by molar-refractivity contribution is 5.71. The first-order chi connectivity index (χ1) is 10.1. The largest absolute Gasteiger partial charge is 0.207 e. The van der Waals surface area contributed by atoms with E-state index in [0.29, 0.717) is 11.1 Å². The maximum Gasteiger partial charge on any atom is 0.131 e. The fourth-order valence-corrected chi connectivity index (χ4v) is 2.33. The quantitative estimate of drug-likeness (QED) is 0.572. The zero-order valence-corrected chi connectivity index (χ0v) is 11.6. The van der Waals surface area contributed by atoms with Crippen molar-refractivity contribution < 1.29 is 8.78 Å². The number of benzene rings is 3. The second-order valence-corrected chi connectivity index (χ2v) is 5.07. The highest BCUT2D eigenvalue weighted by atomic mass is 19.1. The van der Waals surface area contributed by atoms with E-state index in [9.17, 15) is 8.78 Å². The molecule has 0 radical (unpaired) electrons. The summed E-state index contributed by atoms with van der Waals surface area (Å²) in [7, 11) is 0. The Morgan fingerprint density at radius 1 is 0.667 bits per heavy atom. The van der Waals surface area contributed by atoms with Crippen LogP contribution in [0.2, 0.25) is 0 Å². The lowest BCUT2D eigenvalue weighted by atomic mass is 9.99. The molecule has 0 bridgehead atoms. The standard InChI is InChI=1S/C19H14F2/c1-13-5-7-14(8-6-13)15-9-10-18(19(21)12-15)16-3-2-4-17(20)11-16/h2-12H,1H3. The van der Waals surface area contributed by atoms with Gasteiger partial charge in [-0.15, -0.1) is 0 Å². The predicted octanol–water partition coefficient (Wildman–Crippen LogP) is 5.61. The second kappa shape index (κ2) is 5.49. The van der Waals surface area contributed by atoms with E-state index >= 15 is 0 Å². The normalized spacial score (nSPS) is 10.6. The average Bonchev–Trinajstić information content (AvgIpc) is 2.48. The van der Waals surface area contributed by atoms with E-state index in [1.165, 1.54) is 18.2 Å². The third-order valence-electron chi connectivity index (χ3n) is 3.49. The molecule has 0 saturated heterocycles. The third kappa shape index (κ3) is 2.84. The first-order valence-electron chi connectivity index (χ1n) is 6.76.